The van der Waals surface area contributed by atoms with Gasteiger partial charge >= 0.3 is 0 Å². The van der Waals surface area contributed by atoms with Crippen LogP contribution in [0, 0.1) is 0 Å². The van der Waals surface area contributed by atoms with Crippen molar-refractivity contribution in [1.82, 2.24) is 0 Å². The molecule has 0 aliphatic carbocycles. The molecule has 0 nitrogen and oxygen atoms in total. The summed E-state index contributed by atoms with van der Waals surface area (Å²) in [5.41, 5.74) is 0. The van der Waals surface area contributed by atoms with Gasteiger partial charge in [-0.2, -0.15) is 0 Å². The number of hydrogen-bond acceptors (Lipinski definition) is 0. The van der Waals surface area contributed by atoms with Crippen LogP contribution in [0.3, 0.4) is 0 Å². The Bertz CT molecular complexity index is 6.00. The van der Waals surface area contributed by atoms with Crippen molar-refractivity contribution in [3.63, 3.8) is 0 Å². The van der Waals surface area contributed by atoms with Gasteiger partial charge in [0.2, 0.25) is 0 Å². The number of halogens is 2. The molecule has 0 aromatic heterocycles. The van der Waals surface area contributed by atoms with Gasteiger partial charge in [0.05, 0.1) is 5.34 Å². The van der Waals surface area contributed by atoms with E-state index in [0.29, 0.717) is 0 Å². The van der Waals surface area contributed by atoms with Crippen LogP contribution in [-0.2, 0) is 0 Å². The predicted octanol–water partition coefficient (Wildman–Crippen LogP) is 1.04. The molecule has 1 radical (unpaired) electrons. The molecule has 0 aromatic carbocycles. The maximum Gasteiger partial charge on any atom is 0.0967 e. The van der Waals surface area contributed by atoms with E-state index in [0.717, 1.165) is 0 Å². The third-order valence-corrected chi connectivity index (χ3v) is 0. The maximum absolute atomic E-state index is 4.76. The molecule has 0 saturated carbocycles. The molecule has 0 rings (SSSR count). The SMILES string of the molecule is ClCCl.[Li]. The third kappa shape index (κ3) is 10.9. The Morgan fingerprint density at radius 3 is 1.25 bits per heavy atom. The second kappa shape index (κ2) is 8.90. The topological polar surface area (TPSA) is 0 Å². The molecule has 0 saturated heterocycles. The van der Waals surface area contributed by atoms with Gasteiger partial charge in [0.1, 0.15) is 0 Å². The average molecular weight is 91.9 g/mol. The van der Waals surface area contributed by atoms with Gasteiger partial charge in [-0.1, -0.05) is 0 Å². The largest absolute Gasteiger partial charge is 0.109 e. The summed E-state index contributed by atoms with van der Waals surface area (Å²) >= 11 is 9.53. The van der Waals surface area contributed by atoms with Crippen molar-refractivity contribution in [2.75, 3.05) is 5.34 Å². The molecule has 0 aromatic rings. The van der Waals surface area contributed by atoms with E-state index >= 15 is 0 Å². The summed E-state index contributed by atoms with van der Waals surface area (Å²) < 4.78 is 0. The van der Waals surface area contributed by atoms with E-state index in [1.165, 1.54) is 0 Å². The smallest absolute Gasteiger partial charge is 0.0967 e. The summed E-state index contributed by atoms with van der Waals surface area (Å²) in [6.07, 6.45) is 0. The Labute approximate surface area is 47.6 Å². The number of hydrogen-bond donors (Lipinski definition) is 0. The standard InChI is InChI=1S/CH2Cl2.Li/c2-1-3;/h1H2;. The Kier molecular flexibility index (Phi) is 19.9. The molecule has 0 N–H and O–H groups in total. The van der Waals surface area contributed by atoms with Crippen LogP contribution in [0.25, 0.3) is 0 Å². The second-order valence-corrected chi connectivity index (χ2v) is 0.909. The molecule has 0 unspecified atom stereocenters. The van der Waals surface area contributed by atoms with E-state index in [9.17, 15) is 0 Å². The van der Waals surface area contributed by atoms with Crippen molar-refractivity contribution >= 4 is 42.1 Å². The van der Waals surface area contributed by atoms with E-state index < -0.39 is 0 Å². The van der Waals surface area contributed by atoms with Crippen molar-refractivity contribution in [3.8, 4) is 0 Å². The molecule has 3 heteroatoms. The summed E-state index contributed by atoms with van der Waals surface area (Å²) in [7, 11) is 0. The van der Waals surface area contributed by atoms with Crippen molar-refractivity contribution < 1.29 is 0 Å². The van der Waals surface area contributed by atoms with Gasteiger partial charge in [-0.25, -0.2) is 0 Å². The zero-order chi connectivity index (χ0) is 2.71. The van der Waals surface area contributed by atoms with Gasteiger partial charge in [0, 0.05) is 18.9 Å². The van der Waals surface area contributed by atoms with E-state index in [2.05, 4.69) is 0 Å². The quantitative estimate of drug-likeness (QED) is 0.309. The third-order valence-electron chi connectivity index (χ3n) is 0. The molecule has 0 aliphatic heterocycles. The summed E-state index contributed by atoms with van der Waals surface area (Å²) in [6, 6.07) is 0. The van der Waals surface area contributed by atoms with E-state index in [1.54, 1.807) is 0 Å². The molecule has 0 heterocycles. The van der Waals surface area contributed by atoms with Crippen LogP contribution < -0.4 is 0 Å². The summed E-state index contributed by atoms with van der Waals surface area (Å²) in [6.45, 7) is 0. The zero-order valence-corrected chi connectivity index (χ0v) is 3.97. The second-order valence-electron chi connectivity index (χ2n) is 0.101. The Balaban J connectivity index is 0. The Hall–Kier alpha value is 1.18. The van der Waals surface area contributed by atoms with Crippen molar-refractivity contribution in [1.29, 1.82) is 0 Å². The minimum Gasteiger partial charge on any atom is -0.109 e. The minimum absolute atomic E-state index is 0. The normalized spacial score (nSPS) is 4.50. The Morgan fingerprint density at radius 1 is 1.25 bits per heavy atom. The van der Waals surface area contributed by atoms with Crippen molar-refractivity contribution in [2.45, 2.75) is 0 Å². The first kappa shape index (κ1) is 8.95. The van der Waals surface area contributed by atoms with Crippen LogP contribution in [0.2, 0.25) is 0 Å². The van der Waals surface area contributed by atoms with E-state index in [1.807, 2.05) is 0 Å². The molecule has 0 amide bonds. The first-order valence-electron chi connectivity index (χ1n) is 0.535. The minimum atomic E-state index is 0. The fourth-order valence-corrected chi connectivity index (χ4v) is 0. The van der Waals surface area contributed by atoms with Gasteiger partial charge in [-0.05, 0) is 0 Å². The predicted molar refractivity (Wildman–Crippen MR) is 22.3 cm³/mol. The van der Waals surface area contributed by atoms with Crippen LogP contribution in [0.15, 0.2) is 0 Å². The van der Waals surface area contributed by atoms with Gasteiger partial charge in [-0.15, -0.1) is 23.2 Å². The average Bonchev–Trinajstić information content (AvgIpc) is 0.918. The van der Waals surface area contributed by atoms with Gasteiger partial charge in [-0.3, -0.25) is 0 Å². The zero-order valence-electron chi connectivity index (χ0n) is 2.46. The van der Waals surface area contributed by atoms with Crippen LogP contribution in [0.4, 0.5) is 0 Å². The summed E-state index contributed by atoms with van der Waals surface area (Å²) in [5, 5.41) is 0.194. The van der Waals surface area contributed by atoms with Crippen LogP contribution in [-0.4, -0.2) is 24.2 Å². The summed E-state index contributed by atoms with van der Waals surface area (Å²) in [4.78, 5) is 0. The van der Waals surface area contributed by atoms with Crippen LogP contribution >= 0.6 is 23.2 Å². The first-order chi connectivity index (χ1) is 1.41. The molecule has 0 spiro atoms. The maximum atomic E-state index is 4.76. The molecular formula is CH2Cl2Li. The molecular weight excluding hydrogens is 89.9 g/mol. The van der Waals surface area contributed by atoms with E-state index in [4.69, 9.17) is 23.2 Å². The first-order valence-corrected chi connectivity index (χ1v) is 1.60. The van der Waals surface area contributed by atoms with Crippen LogP contribution in [0.1, 0.15) is 0 Å². The van der Waals surface area contributed by atoms with Gasteiger partial charge in [0.15, 0.2) is 0 Å². The number of rotatable bonds is 0. The van der Waals surface area contributed by atoms with Crippen LogP contribution in [0.5, 0.6) is 0 Å². The van der Waals surface area contributed by atoms with Crippen molar-refractivity contribution in [2.24, 2.45) is 0 Å². The van der Waals surface area contributed by atoms with Gasteiger partial charge in [0.25, 0.3) is 0 Å². The molecule has 0 bridgehead atoms. The van der Waals surface area contributed by atoms with Crippen molar-refractivity contribution in [3.05, 3.63) is 0 Å². The monoisotopic (exact) mass is 91.0 g/mol. The fraction of sp³-hybridized carbons (Fsp3) is 1.00. The summed E-state index contributed by atoms with van der Waals surface area (Å²) in [5.74, 6) is 0. The molecule has 21 valence electrons. The molecule has 0 fully saturated rings. The number of alkyl halides is 2. The molecule has 0 aliphatic rings. The van der Waals surface area contributed by atoms with E-state index in [-0.39, 0.29) is 24.2 Å². The molecule has 0 atom stereocenters. The fourth-order valence-electron chi connectivity index (χ4n) is 0. The van der Waals surface area contributed by atoms with Gasteiger partial charge < -0.3 is 0 Å². The molecule has 4 heavy (non-hydrogen) atoms. The Morgan fingerprint density at radius 2 is 1.25 bits per heavy atom.